The van der Waals surface area contributed by atoms with Crippen molar-refractivity contribution in [2.24, 2.45) is 5.73 Å². The minimum atomic E-state index is -0.220. The van der Waals surface area contributed by atoms with Gasteiger partial charge in [-0.1, -0.05) is 6.92 Å². The van der Waals surface area contributed by atoms with Crippen molar-refractivity contribution in [1.29, 1.82) is 0 Å². The van der Waals surface area contributed by atoms with Crippen LogP contribution in [0.1, 0.15) is 35.6 Å². The molecule has 5 heteroatoms. The smallest absolute Gasteiger partial charge is 0.139 e. The summed E-state index contributed by atoms with van der Waals surface area (Å²) in [7, 11) is 0. The van der Waals surface area contributed by atoms with E-state index >= 15 is 0 Å². The molecule has 0 amide bonds. The number of aryl methyl sites for hydroxylation is 2. The van der Waals surface area contributed by atoms with E-state index in [4.69, 9.17) is 5.73 Å². The Morgan fingerprint density at radius 1 is 1.14 bits per heavy atom. The Hall–Kier alpha value is -1.46. The first kappa shape index (κ1) is 15.9. The van der Waals surface area contributed by atoms with E-state index in [1.807, 2.05) is 13.8 Å². The quantitative estimate of drug-likeness (QED) is 0.858. The van der Waals surface area contributed by atoms with Crippen LogP contribution in [-0.2, 0) is 5.75 Å². The molecule has 0 aliphatic carbocycles. The average molecular weight is 305 g/mol. The number of benzene rings is 1. The Labute approximate surface area is 129 Å². The fourth-order valence-corrected chi connectivity index (χ4v) is 3.12. The molecule has 1 aromatic heterocycles. The van der Waals surface area contributed by atoms with Crippen LogP contribution in [0.4, 0.5) is 4.39 Å². The number of hydrogen-bond donors (Lipinski definition) is 1. The van der Waals surface area contributed by atoms with Crippen LogP contribution in [-0.4, -0.2) is 16.5 Å². The highest BCUT2D eigenvalue weighted by Crippen LogP contribution is 2.24. The van der Waals surface area contributed by atoms with Crippen LogP contribution in [0.25, 0.3) is 0 Å². The van der Waals surface area contributed by atoms with Crippen molar-refractivity contribution in [3.63, 3.8) is 0 Å². The fraction of sp³-hybridized carbons (Fsp3) is 0.375. The van der Waals surface area contributed by atoms with E-state index < -0.39 is 0 Å². The minimum Gasteiger partial charge on any atom is -0.330 e. The summed E-state index contributed by atoms with van der Waals surface area (Å²) in [5.41, 5.74) is 8.87. The van der Waals surface area contributed by atoms with Crippen molar-refractivity contribution in [2.75, 3.05) is 6.54 Å². The Kier molecular flexibility index (Phi) is 5.31. The van der Waals surface area contributed by atoms with Crippen molar-refractivity contribution in [3.8, 4) is 0 Å². The summed E-state index contributed by atoms with van der Waals surface area (Å²) in [4.78, 5) is 10.2. The molecule has 1 heterocycles. The molecule has 0 aliphatic rings. The zero-order valence-electron chi connectivity index (χ0n) is 12.6. The lowest BCUT2D eigenvalue weighted by Crippen LogP contribution is -2.14. The monoisotopic (exact) mass is 305 g/mol. The largest absolute Gasteiger partial charge is 0.330 e. The normalized spacial score (nSPS) is 12.4. The highest BCUT2D eigenvalue weighted by Gasteiger charge is 2.14. The van der Waals surface area contributed by atoms with Gasteiger partial charge in [0.25, 0.3) is 0 Å². The lowest BCUT2D eigenvalue weighted by Gasteiger charge is -2.15. The molecule has 1 aromatic carbocycles. The van der Waals surface area contributed by atoms with Crippen molar-refractivity contribution >= 4 is 11.8 Å². The maximum Gasteiger partial charge on any atom is 0.139 e. The Morgan fingerprint density at radius 3 is 2.24 bits per heavy atom. The third kappa shape index (κ3) is 4.02. The first-order valence-corrected chi connectivity index (χ1v) is 7.92. The molecule has 2 N–H and O–H groups in total. The van der Waals surface area contributed by atoms with E-state index in [9.17, 15) is 4.39 Å². The molecule has 0 saturated carbocycles. The number of thioether (sulfide) groups is 1. The molecule has 2 aromatic rings. The van der Waals surface area contributed by atoms with E-state index in [0.717, 1.165) is 27.7 Å². The number of halogens is 1. The number of aromatic nitrogens is 2. The van der Waals surface area contributed by atoms with E-state index in [0.29, 0.717) is 12.3 Å². The predicted octanol–water partition coefficient (Wildman–Crippen LogP) is 3.59. The average Bonchev–Trinajstić information content (AvgIpc) is 2.45. The maximum absolute atomic E-state index is 12.9. The van der Waals surface area contributed by atoms with Gasteiger partial charge in [-0.3, -0.25) is 0 Å². The topological polar surface area (TPSA) is 51.8 Å². The van der Waals surface area contributed by atoms with E-state index in [2.05, 4.69) is 16.9 Å². The summed E-state index contributed by atoms with van der Waals surface area (Å²) in [6, 6.07) is 6.46. The molecule has 2 rings (SSSR count). The second-order valence-electron chi connectivity index (χ2n) is 5.10. The van der Waals surface area contributed by atoms with Crippen LogP contribution in [0.3, 0.4) is 0 Å². The SMILES string of the molecule is Cc1nc(CSc2ccc(F)cc2)nc(C)c1C(C)CN. The van der Waals surface area contributed by atoms with Crippen molar-refractivity contribution < 1.29 is 4.39 Å². The molecule has 1 unspecified atom stereocenters. The number of hydrogen-bond acceptors (Lipinski definition) is 4. The van der Waals surface area contributed by atoms with Crippen LogP contribution in [0.15, 0.2) is 29.2 Å². The summed E-state index contributed by atoms with van der Waals surface area (Å²) in [5, 5.41) is 0. The molecular formula is C16H20FN3S. The molecule has 112 valence electrons. The van der Waals surface area contributed by atoms with E-state index in [-0.39, 0.29) is 11.7 Å². The molecule has 0 spiro atoms. The second kappa shape index (κ2) is 7.00. The van der Waals surface area contributed by atoms with Gasteiger partial charge in [0.1, 0.15) is 11.6 Å². The lowest BCUT2D eigenvalue weighted by molar-refractivity contribution is 0.626. The fourth-order valence-electron chi connectivity index (χ4n) is 2.37. The summed E-state index contributed by atoms with van der Waals surface area (Å²) >= 11 is 1.60. The molecule has 1 atom stereocenters. The minimum absolute atomic E-state index is 0.220. The molecule has 0 bridgehead atoms. The van der Waals surface area contributed by atoms with Crippen LogP contribution in [0, 0.1) is 19.7 Å². The molecule has 3 nitrogen and oxygen atoms in total. The molecule has 0 aliphatic heterocycles. The zero-order chi connectivity index (χ0) is 15.4. The predicted molar refractivity (Wildman–Crippen MR) is 84.9 cm³/mol. The van der Waals surface area contributed by atoms with Crippen LogP contribution in [0.5, 0.6) is 0 Å². The van der Waals surface area contributed by atoms with Gasteiger partial charge in [0.05, 0.1) is 5.75 Å². The number of rotatable bonds is 5. The number of nitrogens with two attached hydrogens (primary N) is 1. The van der Waals surface area contributed by atoms with Gasteiger partial charge in [0.15, 0.2) is 0 Å². The third-order valence-corrected chi connectivity index (χ3v) is 4.41. The summed E-state index contributed by atoms with van der Waals surface area (Å²) in [6.45, 7) is 6.69. The molecule has 21 heavy (non-hydrogen) atoms. The van der Waals surface area contributed by atoms with Crippen LogP contribution < -0.4 is 5.73 Å². The van der Waals surface area contributed by atoms with Gasteiger partial charge in [0, 0.05) is 16.3 Å². The molecule has 0 saturated heterocycles. The van der Waals surface area contributed by atoms with Gasteiger partial charge >= 0.3 is 0 Å². The summed E-state index contributed by atoms with van der Waals surface area (Å²) in [5.74, 6) is 1.52. The highest BCUT2D eigenvalue weighted by molar-refractivity contribution is 7.98. The maximum atomic E-state index is 12.9. The first-order chi connectivity index (χ1) is 10.0. The number of nitrogens with zero attached hydrogens (tertiary/aromatic N) is 2. The summed E-state index contributed by atoms with van der Waals surface area (Å²) in [6.07, 6.45) is 0. The van der Waals surface area contributed by atoms with Crippen molar-refractivity contribution in [3.05, 3.63) is 52.9 Å². The van der Waals surface area contributed by atoms with E-state index in [1.54, 1.807) is 23.9 Å². The van der Waals surface area contributed by atoms with Gasteiger partial charge in [-0.25, -0.2) is 14.4 Å². The Morgan fingerprint density at radius 2 is 1.71 bits per heavy atom. The Balaban J connectivity index is 2.13. The van der Waals surface area contributed by atoms with Gasteiger partial charge in [-0.15, -0.1) is 11.8 Å². The molecule has 0 fully saturated rings. The van der Waals surface area contributed by atoms with E-state index in [1.165, 1.54) is 12.1 Å². The van der Waals surface area contributed by atoms with Crippen molar-refractivity contribution in [1.82, 2.24) is 9.97 Å². The first-order valence-electron chi connectivity index (χ1n) is 6.93. The van der Waals surface area contributed by atoms with Gasteiger partial charge < -0.3 is 5.73 Å². The Bertz CT molecular complexity index is 590. The van der Waals surface area contributed by atoms with Crippen LogP contribution >= 0.6 is 11.8 Å². The van der Waals surface area contributed by atoms with Crippen molar-refractivity contribution in [2.45, 2.75) is 37.3 Å². The second-order valence-corrected chi connectivity index (χ2v) is 6.15. The third-order valence-electron chi connectivity index (χ3n) is 3.40. The molecule has 0 radical (unpaired) electrons. The highest BCUT2D eigenvalue weighted by atomic mass is 32.2. The van der Waals surface area contributed by atoms with Crippen LogP contribution in [0.2, 0.25) is 0 Å². The lowest BCUT2D eigenvalue weighted by atomic mass is 9.98. The zero-order valence-corrected chi connectivity index (χ0v) is 13.4. The standard InChI is InChI=1S/C16H20FN3S/c1-10(8-18)16-11(2)19-15(20-12(16)3)9-21-14-6-4-13(17)5-7-14/h4-7,10H,8-9,18H2,1-3H3. The van der Waals surface area contributed by atoms with Gasteiger partial charge in [-0.05, 0) is 56.1 Å². The molecular weight excluding hydrogens is 285 g/mol. The van der Waals surface area contributed by atoms with Gasteiger partial charge in [0.2, 0.25) is 0 Å². The van der Waals surface area contributed by atoms with Gasteiger partial charge in [-0.2, -0.15) is 0 Å². The summed E-state index contributed by atoms with van der Waals surface area (Å²) < 4.78 is 12.9.